The zero-order valence-electron chi connectivity index (χ0n) is 11.1. The van der Waals surface area contributed by atoms with Gasteiger partial charge in [-0.3, -0.25) is 4.79 Å². The lowest BCUT2D eigenvalue weighted by Crippen LogP contribution is -2.47. The molecule has 1 aliphatic carbocycles. The van der Waals surface area contributed by atoms with Crippen LogP contribution >= 0.6 is 0 Å². The molecule has 0 aromatic carbocycles. The van der Waals surface area contributed by atoms with Gasteiger partial charge in [0.2, 0.25) is 5.91 Å². The summed E-state index contributed by atoms with van der Waals surface area (Å²) < 4.78 is 0. The number of hydrogen-bond donors (Lipinski definition) is 1. The summed E-state index contributed by atoms with van der Waals surface area (Å²) in [4.78, 5) is 14.1. The highest BCUT2D eigenvalue weighted by Gasteiger charge is 2.31. The first-order valence-corrected chi connectivity index (χ1v) is 6.79. The van der Waals surface area contributed by atoms with E-state index in [4.69, 9.17) is 5.73 Å². The molecule has 1 aliphatic rings. The molecule has 0 aromatic heterocycles. The predicted molar refractivity (Wildman–Crippen MR) is 71.7 cm³/mol. The average molecular weight is 238 g/mol. The molecule has 3 nitrogen and oxygen atoms in total. The Hall–Kier alpha value is -0.830. The molecule has 0 radical (unpaired) electrons. The van der Waals surface area contributed by atoms with Gasteiger partial charge in [-0.2, -0.15) is 0 Å². The van der Waals surface area contributed by atoms with Gasteiger partial charge in [-0.15, -0.1) is 6.58 Å². The van der Waals surface area contributed by atoms with E-state index in [9.17, 15) is 4.79 Å². The molecule has 1 amide bonds. The molecule has 3 heteroatoms. The molecular formula is C14H26N2O. The Morgan fingerprint density at radius 1 is 1.41 bits per heavy atom. The average Bonchev–Trinajstić information content (AvgIpc) is 2.29. The highest BCUT2D eigenvalue weighted by atomic mass is 16.2. The molecule has 0 spiro atoms. The van der Waals surface area contributed by atoms with E-state index in [1.807, 2.05) is 4.90 Å². The lowest BCUT2D eigenvalue weighted by atomic mass is 9.80. The van der Waals surface area contributed by atoms with Crippen LogP contribution in [0.2, 0.25) is 0 Å². The van der Waals surface area contributed by atoms with Crippen molar-refractivity contribution >= 4 is 5.91 Å². The molecule has 0 aromatic rings. The van der Waals surface area contributed by atoms with E-state index in [0.29, 0.717) is 13.0 Å². The van der Waals surface area contributed by atoms with Crippen molar-refractivity contribution in [1.29, 1.82) is 0 Å². The maximum Gasteiger partial charge on any atom is 0.224 e. The van der Waals surface area contributed by atoms with Gasteiger partial charge in [0.25, 0.3) is 0 Å². The second-order valence-electron chi connectivity index (χ2n) is 5.23. The highest BCUT2D eigenvalue weighted by molar-refractivity contribution is 5.77. The molecule has 0 aliphatic heterocycles. The summed E-state index contributed by atoms with van der Waals surface area (Å²) in [5.74, 6) is 0.191. The Labute approximate surface area is 105 Å². The molecule has 0 unspecified atom stereocenters. The normalized spacial score (nSPS) is 18.7. The van der Waals surface area contributed by atoms with Crippen molar-refractivity contribution in [3.05, 3.63) is 12.7 Å². The second kappa shape index (κ2) is 6.80. The van der Waals surface area contributed by atoms with Crippen LogP contribution in [0.1, 0.15) is 51.9 Å². The van der Waals surface area contributed by atoms with Gasteiger partial charge in [-0.05, 0) is 19.3 Å². The fraction of sp³-hybridized carbons (Fsp3) is 0.786. The summed E-state index contributed by atoms with van der Waals surface area (Å²) >= 11 is 0. The molecule has 1 rings (SSSR count). The van der Waals surface area contributed by atoms with Crippen molar-refractivity contribution in [2.45, 2.75) is 57.4 Å². The lowest BCUT2D eigenvalue weighted by Gasteiger charge is -2.34. The molecule has 1 saturated carbocycles. The Morgan fingerprint density at radius 3 is 2.59 bits per heavy atom. The molecular weight excluding hydrogens is 212 g/mol. The number of hydrogen-bond acceptors (Lipinski definition) is 2. The first kappa shape index (κ1) is 14.2. The van der Waals surface area contributed by atoms with Crippen LogP contribution < -0.4 is 5.73 Å². The number of carbonyl (C=O) groups excluding carboxylic acids is 1. The van der Waals surface area contributed by atoms with Crippen molar-refractivity contribution in [2.75, 3.05) is 13.1 Å². The number of carbonyl (C=O) groups is 1. The first-order valence-electron chi connectivity index (χ1n) is 6.79. The van der Waals surface area contributed by atoms with Crippen molar-refractivity contribution in [3.8, 4) is 0 Å². The van der Waals surface area contributed by atoms with Crippen LogP contribution in [0.5, 0.6) is 0 Å². The molecule has 17 heavy (non-hydrogen) atoms. The fourth-order valence-electron chi connectivity index (χ4n) is 2.59. The molecule has 98 valence electrons. The van der Waals surface area contributed by atoms with Crippen LogP contribution in [0.25, 0.3) is 0 Å². The zero-order valence-corrected chi connectivity index (χ0v) is 11.1. The summed E-state index contributed by atoms with van der Waals surface area (Å²) in [6, 6.07) is 0. The van der Waals surface area contributed by atoms with Crippen molar-refractivity contribution in [2.24, 2.45) is 5.73 Å². The maximum absolute atomic E-state index is 12.2. The van der Waals surface area contributed by atoms with E-state index in [0.717, 1.165) is 25.8 Å². The predicted octanol–water partition coefficient (Wildman–Crippen LogP) is 2.46. The van der Waals surface area contributed by atoms with Crippen LogP contribution in [0, 0.1) is 0 Å². The largest absolute Gasteiger partial charge is 0.339 e. The van der Waals surface area contributed by atoms with E-state index >= 15 is 0 Å². The quantitative estimate of drug-likeness (QED) is 0.723. The van der Waals surface area contributed by atoms with Gasteiger partial charge < -0.3 is 10.6 Å². The molecule has 1 fully saturated rings. The number of rotatable bonds is 6. The van der Waals surface area contributed by atoms with Crippen LogP contribution in [0.15, 0.2) is 12.7 Å². The van der Waals surface area contributed by atoms with Gasteiger partial charge in [0.15, 0.2) is 0 Å². The van der Waals surface area contributed by atoms with Crippen LogP contribution in [0.3, 0.4) is 0 Å². The third-order valence-corrected chi connectivity index (χ3v) is 3.55. The number of nitrogens with two attached hydrogens (primary N) is 1. The van der Waals surface area contributed by atoms with Gasteiger partial charge in [0, 0.05) is 25.0 Å². The molecule has 2 N–H and O–H groups in total. The first-order chi connectivity index (χ1) is 8.11. The standard InChI is InChI=1S/C14H26N2O/c1-3-10-16(11-4-2)13(17)12-14(15)8-6-5-7-9-14/h3H,1,4-12,15H2,2H3. The smallest absolute Gasteiger partial charge is 0.224 e. The second-order valence-corrected chi connectivity index (χ2v) is 5.23. The molecule has 0 bridgehead atoms. The Morgan fingerprint density at radius 2 is 2.06 bits per heavy atom. The van der Waals surface area contributed by atoms with Crippen LogP contribution in [-0.2, 0) is 4.79 Å². The summed E-state index contributed by atoms with van der Waals surface area (Å²) in [6.07, 6.45) is 8.85. The molecule has 0 saturated heterocycles. The molecule has 0 heterocycles. The summed E-state index contributed by atoms with van der Waals surface area (Å²) in [5.41, 5.74) is 6.07. The minimum Gasteiger partial charge on any atom is -0.339 e. The Kier molecular flexibility index (Phi) is 5.69. The summed E-state index contributed by atoms with van der Waals surface area (Å²) in [5, 5.41) is 0. The monoisotopic (exact) mass is 238 g/mol. The van der Waals surface area contributed by atoms with Gasteiger partial charge in [0.1, 0.15) is 0 Å². The van der Waals surface area contributed by atoms with Gasteiger partial charge >= 0.3 is 0 Å². The minimum absolute atomic E-state index is 0.191. The van der Waals surface area contributed by atoms with E-state index in [2.05, 4.69) is 13.5 Å². The van der Waals surface area contributed by atoms with E-state index in [1.165, 1.54) is 19.3 Å². The van der Waals surface area contributed by atoms with Crippen LogP contribution in [-0.4, -0.2) is 29.4 Å². The maximum atomic E-state index is 12.2. The highest BCUT2D eigenvalue weighted by Crippen LogP contribution is 2.29. The summed E-state index contributed by atoms with van der Waals surface area (Å²) in [7, 11) is 0. The Bertz CT molecular complexity index is 257. The number of amides is 1. The zero-order chi connectivity index (χ0) is 12.7. The summed E-state index contributed by atoms with van der Waals surface area (Å²) in [6.45, 7) is 7.24. The van der Waals surface area contributed by atoms with Gasteiger partial charge in [-0.25, -0.2) is 0 Å². The SMILES string of the molecule is C=CCN(CCC)C(=O)CC1(N)CCCCC1. The number of nitrogens with zero attached hydrogens (tertiary/aromatic N) is 1. The fourth-order valence-corrected chi connectivity index (χ4v) is 2.59. The third kappa shape index (κ3) is 4.50. The van der Waals surface area contributed by atoms with Crippen molar-refractivity contribution in [3.63, 3.8) is 0 Å². The van der Waals surface area contributed by atoms with E-state index in [-0.39, 0.29) is 11.4 Å². The third-order valence-electron chi connectivity index (χ3n) is 3.55. The molecule has 0 atom stereocenters. The van der Waals surface area contributed by atoms with E-state index < -0.39 is 0 Å². The lowest BCUT2D eigenvalue weighted by molar-refractivity contribution is -0.132. The Balaban J connectivity index is 2.52. The van der Waals surface area contributed by atoms with Crippen molar-refractivity contribution in [1.82, 2.24) is 4.90 Å². The van der Waals surface area contributed by atoms with Gasteiger partial charge in [0.05, 0.1) is 0 Å². The minimum atomic E-state index is -0.248. The van der Waals surface area contributed by atoms with Gasteiger partial charge in [-0.1, -0.05) is 32.3 Å². The van der Waals surface area contributed by atoms with E-state index in [1.54, 1.807) is 6.08 Å². The van der Waals surface area contributed by atoms with Crippen molar-refractivity contribution < 1.29 is 4.79 Å². The van der Waals surface area contributed by atoms with Crippen LogP contribution in [0.4, 0.5) is 0 Å². The topological polar surface area (TPSA) is 46.3 Å².